The third kappa shape index (κ3) is 2.39. The first-order valence-corrected chi connectivity index (χ1v) is 4.49. The van der Waals surface area contributed by atoms with Crippen LogP contribution in [0.2, 0.25) is 0 Å². The number of epoxide rings is 1. The highest BCUT2D eigenvalue weighted by atomic mass is 35.6. The van der Waals surface area contributed by atoms with Crippen LogP contribution in [-0.2, 0) is 14.3 Å². The van der Waals surface area contributed by atoms with Gasteiger partial charge in [0.1, 0.15) is 6.10 Å². The largest absolute Gasteiger partial charge is 0.464 e. The van der Waals surface area contributed by atoms with Crippen molar-refractivity contribution in [1.29, 1.82) is 0 Å². The first-order valence-electron chi connectivity index (χ1n) is 3.35. The van der Waals surface area contributed by atoms with Gasteiger partial charge in [0.2, 0.25) is 3.79 Å². The number of alkyl halides is 3. The molecule has 1 saturated heterocycles. The molecule has 1 rings (SSSR count). The van der Waals surface area contributed by atoms with Crippen molar-refractivity contribution in [2.24, 2.45) is 0 Å². The second-order valence-electron chi connectivity index (χ2n) is 2.27. The van der Waals surface area contributed by atoms with E-state index in [4.69, 9.17) is 39.5 Å². The number of ether oxygens (including phenoxy) is 2. The number of hydrogen-bond donors (Lipinski definition) is 0. The normalized spacial score (nSPS) is 28.3. The van der Waals surface area contributed by atoms with Crippen LogP contribution in [0, 0.1) is 0 Å². The molecule has 0 saturated carbocycles. The minimum absolute atomic E-state index is 0.297. The summed E-state index contributed by atoms with van der Waals surface area (Å²) >= 11 is 16.4. The second kappa shape index (κ2) is 3.58. The molecular weight excluding hydrogens is 226 g/mol. The van der Waals surface area contributed by atoms with Gasteiger partial charge in [0.05, 0.1) is 6.61 Å². The van der Waals surface area contributed by atoms with E-state index >= 15 is 0 Å². The molecule has 1 aliphatic heterocycles. The molecule has 1 fully saturated rings. The van der Waals surface area contributed by atoms with E-state index < -0.39 is 22.0 Å². The van der Waals surface area contributed by atoms with E-state index in [9.17, 15) is 4.79 Å². The maximum Gasteiger partial charge on any atom is 0.338 e. The lowest BCUT2D eigenvalue weighted by Gasteiger charge is -2.04. The Labute approximate surface area is 84.9 Å². The van der Waals surface area contributed by atoms with E-state index in [1.165, 1.54) is 0 Å². The minimum Gasteiger partial charge on any atom is -0.464 e. The van der Waals surface area contributed by atoms with Crippen LogP contribution in [0.3, 0.4) is 0 Å². The van der Waals surface area contributed by atoms with Crippen molar-refractivity contribution < 1.29 is 14.3 Å². The molecule has 2 atom stereocenters. The number of carbonyl (C=O) groups is 1. The van der Waals surface area contributed by atoms with Crippen LogP contribution in [0.4, 0.5) is 0 Å². The van der Waals surface area contributed by atoms with Crippen LogP contribution >= 0.6 is 34.8 Å². The monoisotopic (exact) mass is 232 g/mol. The van der Waals surface area contributed by atoms with Crippen LogP contribution in [-0.4, -0.2) is 28.6 Å². The predicted molar refractivity (Wildman–Crippen MR) is 45.6 cm³/mol. The lowest BCUT2D eigenvalue weighted by Crippen LogP contribution is -2.21. The maximum absolute atomic E-state index is 10.9. The van der Waals surface area contributed by atoms with Crippen molar-refractivity contribution in [2.45, 2.75) is 22.9 Å². The fraction of sp³-hybridized carbons (Fsp3) is 0.833. The van der Waals surface area contributed by atoms with Gasteiger partial charge in [-0.2, -0.15) is 0 Å². The predicted octanol–water partition coefficient (Wildman–Crippen LogP) is 1.69. The fourth-order valence-electron chi connectivity index (χ4n) is 0.765. The van der Waals surface area contributed by atoms with Gasteiger partial charge in [-0.3, -0.25) is 0 Å². The van der Waals surface area contributed by atoms with Gasteiger partial charge in [-0.1, -0.05) is 34.8 Å². The smallest absolute Gasteiger partial charge is 0.338 e. The Morgan fingerprint density at radius 2 is 2.17 bits per heavy atom. The van der Waals surface area contributed by atoms with Gasteiger partial charge >= 0.3 is 5.97 Å². The highest BCUT2D eigenvalue weighted by molar-refractivity contribution is 6.68. The molecule has 0 bridgehead atoms. The van der Waals surface area contributed by atoms with Crippen molar-refractivity contribution in [3.63, 3.8) is 0 Å². The average Bonchev–Trinajstić information content (AvgIpc) is 2.62. The molecule has 0 aliphatic carbocycles. The molecular formula is C6H7Cl3O3. The topological polar surface area (TPSA) is 38.8 Å². The summed E-state index contributed by atoms with van der Waals surface area (Å²) in [6.45, 7) is 2.00. The van der Waals surface area contributed by atoms with Crippen LogP contribution in [0.5, 0.6) is 0 Å². The minimum atomic E-state index is -1.54. The molecule has 0 unspecified atom stereocenters. The lowest BCUT2D eigenvalue weighted by molar-refractivity contribution is -0.144. The van der Waals surface area contributed by atoms with E-state index in [-0.39, 0.29) is 0 Å². The first-order chi connectivity index (χ1) is 5.46. The molecule has 0 aromatic carbocycles. The van der Waals surface area contributed by atoms with Gasteiger partial charge in [0.25, 0.3) is 0 Å². The van der Waals surface area contributed by atoms with Crippen molar-refractivity contribution in [3.8, 4) is 0 Å². The van der Waals surface area contributed by atoms with Crippen LogP contribution in [0.25, 0.3) is 0 Å². The number of hydrogen-bond acceptors (Lipinski definition) is 3. The summed E-state index contributed by atoms with van der Waals surface area (Å²) in [5.74, 6) is -0.478. The van der Waals surface area contributed by atoms with Crippen molar-refractivity contribution in [1.82, 2.24) is 0 Å². The SMILES string of the molecule is CCOC(=O)[C@@H]1O[C@@H]1C(Cl)(Cl)Cl. The molecule has 0 N–H and O–H groups in total. The van der Waals surface area contributed by atoms with Gasteiger partial charge in [-0.15, -0.1) is 0 Å². The second-order valence-corrected chi connectivity index (χ2v) is 4.64. The summed E-state index contributed by atoms with van der Waals surface area (Å²) < 4.78 is 7.93. The van der Waals surface area contributed by atoms with Gasteiger partial charge in [-0.25, -0.2) is 4.79 Å². The Morgan fingerprint density at radius 1 is 1.58 bits per heavy atom. The summed E-state index contributed by atoms with van der Waals surface area (Å²) in [5.41, 5.74) is 0. The summed E-state index contributed by atoms with van der Waals surface area (Å²) in [6, 6.07) is 0. The van der Waals surface area contributed by atoms with Crippen LogP contribution in [0.15, 0.2) is 0 Å². The third-order valence-electron chi connectivity index (χ3n) is 1.33. The molecule has 0 amide bonds. The third-order valence-corrected chi connectivity index (χ3v) is 1.98. The number of esters is 1. The van der Waals surface area contributed by atoms with Crippen LogP contribution < -0.4 is 0 Å². The average molecular weight is 233 g/mol. The summed E-state index contributed by atoms with van der Waals surface area (Å²) in [7, 11) is 0. The number of rotatable bonds is 2. The molecule has 70 valence electrons. The maximum atomic E-state index is 10.9. The zero-order chi connectivity index (χ0) is 9.35. The molecule has 6 heteroatoms. The highest BCUT2D eigenvalue weighted by Gasteiger charge is 2.57. The number of halogens is 3. The Bertz CT molecular complexity index is 189. The van der Waals surface area contributed by atoms with Gasteiger partial charge in [0, 0.05) is 0 Å². The summed E-state index contributed by atoms with van der Waals surface area (Å²) in [5, 5.41) is 0. The zero-order valence-electron chi connectivity index (χ0n) is 6.22. The molecule has 3 nitrogen and oxygen atoms in total. The molecule has 1 heterocycles. The Kier molecular flexibility index (Phi) is 3.10. The Morgan fingerprint density at radius 3 is 2.50 bits per heavy atom. The van der Waals surface area contributed by atoms with E-state index in [2.05, 4.69) is 4.74 Å². The molecule has 0 aromatic heterocycles. The first kappa shape index (κ1) is 10.4. The van der Waals surface area contributed by atoms with E-state index in [0.29, 0.717) is 6.61 Å². The summed E-state index contributed by atoms with van der Waals surface area (Å²) in [6.07, 6.45) is -1.38. The van der Waals surface area contributed by atoms with Crippen molar-refractivity contribution >= 4 is 40.8 Å². The highest BCUT2D eigenvalue weighted by Crippen LogP contribution is 2.43. The molecule has 0 spiro atoms. The number of carbonyl (C=O) groups excluding carboxylic acids is 1. The molecule has 0 aromatic rings. The van der Waals surface area contributed by atoms with E-state index in [0.717, 1.165) is 0 Å². The lowest BCUT2D eigenvalue weighted by atomic mass is 10.3. The Hall–Kier alpha value is 0.300. The standard InChI is InChI=1S/C6H7Cl3O3/c1-2-11-5(10)3-4(12-3)6(7,8)9/h3-4H,2H2,1H3/t3-,4+/m1/s1. The Balaban J connectivity index is 2.37. The van der Waals surface area contributed by atoms with Gasteiger partial charge in [0.15, 0.2) is 6.10 Å². The van der Waals surface area contributed by atoms with E-state index in [1.807, 2.05) is 0 Å². The molecule has 1 aliphatic rings. The van der Waals surface area contributed by atoms with Crippen molar-refractivity contribution in [3.05, 3.63) is 0 Å². The fourth-order valence-corrected chi connectivity index (χ4v) is 1.26. The van der Waals surface area contributed by atoms with Gasteiger partial charge in [-0.05, 0) is 6.92 Å². The van der Waals surface area contributed by atoms with Gasteiger partial charge < -0.3 is 9.47 Å². The van der Waals surface area contributed by atoms with Crippen molar-refractivity contribution in [2.75, 3.05) is 6.61 Å². The quantitative estimate of drug-likeness (QED) is 0.414. The zero-order valence-corrected chi connectivity index (χ0v) is 8.49. The van der Waals surface area contributed by atoms with Crippen LogP contribution in [0.1, 0.15) is 6.92 Å². The molecule has 0 radical (unpaired) electrons. The summed E-state index contributed by atoms with van der Waals surface area (Å²) in [4.78, 5) is 10.9. The molecule has 12 heavy (non-hydrogen) atoms. The van der Waals surface area contributed by atoms with E-state index in [1.54, 1.807) is 6.92 Å².